The Hall–Kier alpha value is -3.27. The highest BCUT2D eigenvalue weighted by Crippen LogP contribution is 2.40. The molecule has 146 valence electrons. The average Bonchev–Trinajstić information content (AvgIpc) is 3.41. The van der Waals surface area contributed by atoms with Gasteiger partial charge >= 0.3 is 0 Å². The van der Waals surface area contributed by atoms with Gasteiger partial charge in [0.1, 0.15) is 11.5 Å². The molecule has 0 aliphatic heterocycles. The van der Waals surface area contributed by atoms with Crippen molar-refractivity contribution < 1.29 is 9.47 Å². The number of hydrogen-bond donors (Lipinski definition) is 0. The van der Waals surface area contributed by atoms with E-state index in [1.807, 2.05) is 18.2 Å². The van der Waals surface area contributed by atoms with Crippen molar-refractivity contribution in [2.45, 2.75) is 25.8 Å². The van der Waals surface area contributed by atoms with E-state index >= 15 is 0 Å². The number of aryl methyl sites for hydroxylation is 1. The van der Waals surface area contributed by atoms with Crippen molar-refractivity contribution in [2.75, 3.05) is 14.2 Å². The molecule has 0 spiro atoms. The molecule has 0 radical (unpaired) electrons. The Balaban J connectivity index is 1.60. The topological polar surface area (TPSA) is 36.3 Å². The predicted molar refractivity (Wildman–Crippen MR) is 115 cm³/mol. The van der Waals surface area contributed by atoms with Crippen molar-refractivity contribution in [3.05, 3.63) is 83.1 Å². The van der Waals surface area contributed by atoms with E-state index < -0.39 is 0 Å². The standard InChI is InChI=1S/C25H24N2O2/c1-28-20-10-7-17(8-11-20)16-27-25(18-5-3-4-6-18)23-13-9-19-15-21(29-2)12-14-22(19)24(23)26-27/h3-5,7-8,10-12,14-15H,6,9,13,16H2,1-2H3. The molecule has 0 amide bonds. The quantitative estimate of drug-likeness (QED) is 0.617. The van der Waals surface area contributed by atoms with Crippen molar-refractivity contribution in [2.24, 2.45) is 0 Å². The second kappa shape index (κ2) is 7.28. The van der Waals surface area contributed by atoms with Crippen LogP contribution in [-0.2, 0) is 19.4 Å². The number of methoxy groups -OCH3 is 2. The Kier molecular flexibility index (Phi) is 4.47. The summed E-state index contributed by atoms with van der Waals surface area (Å²) in [5.41, 5.74) is 8.88. The molecule has 0 bridgehead atoms. The monoisotopic (exact) mass is 384 g/mol. The first-order valence-electron chi connectivity index (χ1n) is 10.0. The SMILES string of the molecule is COc1ccc(Cn2nc3c(c2C2=CC=CC2)CCc2cc(OC)ccc2-3)cc1. The summed E-state index contributed by atoms with van der Waals surface area (Å²) in [7, 11) is 3.41. The Morgan fingerprint density at radius 2 is 1.76 bits per heavy atom. The largest absolute Gasteiger partial charge is 0.497 e. The van der Waals surface area contributed by atoms with Gasteiger partial charge in [0.15, 0.2) is 0 Å². The zero-order valence-electron chi connectivity index (χ0n) is 16.8. The van der Waals surface area contributed by atoms with Gasteiger partial charge in [-0.3, -0.25) is 4.68 Å². The van der Waals surface area contributed by atoms with Crippen LogP contribution >= 0.6 is 0 Å². The van der Waals surface area contributed by atoms with Crippen molar-refractivity contribution in [1.29, 1.82) is 0 Å². The van der Waals surface area contributed by atoms with Gasteiger partial charge in [-0.25, -0.2) is 0 Å². The number of rotatable bonds is 5. The summed E-state index contributed by atoms with van der Waals surface area (Å²) in [5, 5.41) is 5.11. The minimum atomic E-state index is 0.745. The highest BCUT2D eigenvalue weighted by atomic mass is 16.5. The van der Waals surface area contributed by atoms with Gasteiger partial charge in [-0.2, -0.15) is 5.10 Å². The number of fused-ring (bicyclic) bond motifs is 3. The van der Waals surface area contributed by atoms with Gasteiger partial charge in [0.05, 0.1) is 32.2 Å². The van der Waals surface area contributed by atoms with Gasteiger partial charge in [-0.1, -0.05) is 30.4 Å². The molecule has 0 fully saturated rings. The number of ether oxygens (including phenoxy) is 2. The lowest BCUT2D eigenvalue weighted by atomic mass is 9.87. The number of allylic oxidation sites excluding steroid dienone is 4. The summed E-state index contributed by atoms with van der Waals surface area (Å²) in [6.07, 6.45) is 9.58. The molecule has 2 aliphatic rings. The molecule has 1 heterocycles. The van der Waals surface area contributed by atoms with Gasteiger partial charge in [-0.15, -0.1) is 0 Å². The van der Waals surface area contributed by atoms with Gasteiger partial charge in [0, 0.05) is 11.1 Å². The number of aromatic nitrogens is 2. The van der Waals surface area contributed by atoms with Crippen molar-refractivity contribution in [1.82, 2.24) is 9.78 Å². The van der Waals surface area contributed by atoms with E-state index in [9.17, 15) is 0 Å². The average molecular weight is 384 g/mol. The maximum atomic E-state index is 5.42. The van der Waals surface area contributed by atoms with E-state index in [2.05, 4.69) is 47.2 Å². The van der Waals surface area contributed by atoms with Crippen LogP contribution in [-0.4, -0.2) is 24.0 Å². The zero-order valence-corrected chi connectivity index (χ0v) is 16.8. The lowest BCUT2D eigenvalue weighted by molar-refractivity contribution is 0.414. The first-order chi connectivity index (χ1) is 14.3. The summed E-state index contributed by atoms with van der Waals surface area (Å²) in [4.78, 5) is 0. The Morgan fingerprint density at radius 1 is 0.966 bits per heavy atom. The van der Waals surface area contributed by atoms with Crippen LogP contribution in [0.25, 0.3) is 16.8 Å². The fraction of sp³-hybridized carbons (Fsp3) is 0.240. The van der Waals surface area contributed by atoms with Crippen LogP contribution in [0, 0.1) is 0 Å². The van der Waals surface area contributed by atoms with E-state index in [4.69, 9.17) is 14.6 Å². The summed E-state index contributed by atoms with van der Waals surface area (Å²) < 4.78 is 12.9. The van der Waals surface area contributed by atoms with Gasteiger partial charge in [0.2, 0.25) is 0 Å². The highest BCUT2D eigenvalue weighted by Gasteiger charge is 2.27. The smallest absolute Gasteiger partial charge is 0.119 e. The van der Waals surface area contributed by atoms with E-state index in [1.165, 1.54) is 33.5 Å². The van der Waals surface area contributed by atoms with Crippen molar-refractivity contribution in [3.63, 3.8) is 0 Å². The third-order valence-corrected chi connectivity index (χ3v) is 5.83. The molecule has 3 aromatic rings. The molecule has 4 heteroatoms. The third-order valence-electron chi connectivity index (χ3n) is 5.83. The molecule has 1 aromatic heterocycles. The highest BCUT2D eigenvalue weighted by molar-refractivity contribution is 5.79. The van der Waals surface area contributed by atoms with Gasteiger partial charge in [0.25, 0.3) is 0 Å². The first kappa shape index (κ1) is 17.8. The molecule has 0 atom stereocenters. The fourth-order valence-electron chi connectivity index (χ4n) is 4.35. The molecule has 2 aromatic carbocycles. The van der Waals surface area contributed by atoms with E-state index in [1.54, 1.807) is 14.2 Å². The van der Waals surface area contributed by atoms with Crippen LogP contribution in [0.15, 0.2) is 60.7 Å². The lowest BCUT2D eigenvalue weighted by Crippen LogP contribution is -2.07. The number of hydrogen-bond acceptors (Lipinski definition) is 3. The lowest BCUT2D eigenvalue weighted by Gasteiger charge is -2.17. The summed E-state index contributed by atoms with van der Waals surface area (Å²) >= 11 is 0. The minimum Gasteiger partial charge on any atom is -0.497 e. The maximum Gasteiger partial charge on any atom is 0.119 e. The van der Waals surface area contributed by atoms with Gasteiger partial charge in [-0.05, 0) is 66.3 Å². The van der Waals surface area contributed by atoms with Crippen LogP contribution in [0.3, 0.4) is 0 Å². The molecule has 0 saturated heterocycles. The summed E-state index contributed by atoms with van der Waals surface area (Å²) in [5.74, 6) is 1.78. The van der Waals surface area contributed by atoms with E-state index in [0.29, 0.717) is 0 Å². The second-order valence-corrected chi connectivity index (χ2v) is 7.53. The predicted octanol–water partition coefficient (Wildman–Crippen LogP) is 5.06. The molecule has 0 saturated carbocycles. The molecule has 2 aliphatic carbocycles. The van der Waals surface area contributed by atoms with Crippen molar-refractivity contribution in [3.8, 4) is 22.8 Å². The Morgan fingerprint density at radius 3 is 2.48 bits per heavy atom. The molecule has 29 heavy (non-hydrogen) atoms. The van der Waals surface area contributed by atoms with Crippen molar-refractivity contribution >= 4 is 5.57 Å². The molecule has 4 nitrogen and oxygen atoms in total. The molecular formula is C25H24N2O2. The Labute approximate surface area is 171 Å². The fourth-order valence-corrected chi connectivity index (χ4v) is 4.35. The summed E-state index contributed by atoms with van der Waals surface area (Å²) in [6.45, 7) is 0.745. The summed E-state index contributed by atoms with van der Waals surface area (Å²) in [6, 6.07) is 14.6. The number of nitrogens with zero attached hydrogens (tertiary/aromatic N) is 2. The van der Waals surface area contributed by atoms with E-state index in [0.717, 1.165) is 43.0 Å². The van der Waals surface area contributed by atoms with Crippen LogP contribution in [0.4, 0.5) is 0 Å². The third kappa shape index (κ3) is 3.15. The zero-order chi connectivity index (χ0) is 19.8. The maximum absolute atomic E-state index is 5.42. The molecule has 0 unspecified atom stereocenters. The second-order valence-electron chi connectivity index (χ2n) is 7.53. The number of benzene rings is 2. The Bertz CT molecular complexity index is 1120. The van der Waals surface area contributed by atoms with E-state index in [-0.39, 0.29) is 0 Å². The van der Waals surface area contributed by atoms with Crippen LogP contribution in [0.5, 0.6) is 11.5 Å². The first-order valence-corrected chi connectivity index (χ1v) is 10.0. The van der Waals surface area contributed by atoms with Crippen LogP contribution < -0.4 is 9.47 Å². The minimum absolute atomic E-state index is 0.745. The van der Waals surface area contributed by atoms with Gasteiger partial charge < -0.3 is 9.47 Å². The molecular weight excluding hydrogens is 360 g/mol. The molecule has 5 rings (SSSR count). The van der Waals surface area contributed by atoms with Crippen LogP contribution in [0.1, 0.15) is 28.8 Å². The van der Waals surface area contributed by atoms with Crippen LogP contribution in [0.2, 0.25) is 0 Å². The normalized spacial score (nSPS) is 14.3. The molecule has 0 N–H and O–H groups in total.